The van der Waals surface area contributed by atoms with Gasteiger partial charge in [-0.25, -0.2) is 0 Å². The number of carbonyl (C=O) groups excluding carboxylic acids is 2. The van der Waals surface area contributed by atoms with Crippen molar-refractivity contribution in [1.29, 1.82) is 0 Å². The van der Waals surface area contributed by atoms with Crippen molar-refractivity contribution < 1.29 is 24.2 Å². The highest BCUT2D eigenvalue weighted by atomic mass is 16.6. The molecule has 0 saturated heterocycles. The molecule has 0 aromatic heterocycles. The molecule has 0 aromatic rings. The molecule has 180 valence electrons. The molecule has 5 nitrogen and oxygen atoms in total. The second-order valence-electron chi connectivity index (χ2n) is 7.33. The van der Waals surface area contributed by atoms with E-state index in [1.807, 2.05) is 6.92 Å². The van der Waals surface area contributed by atoms with Crippen molar-refractivity contribution in [2.24, 2.45) is 0 Å². The predicted octanol–water partition coefficient (Wildman–Crippen LogP) is 6.16. The van der Waals surface area contributed by atoms with Crippen molar-refractivity contribution >= 4 is 11.9 Å². The van der Waals surface area contributed by atoms with E-state index in [1.54, 1.807) is 0 Å². The van der Waals surface area contributed by atoms with Crippen LogP contribution in [0.25, 0.3) is 0 Å². The molecule has 0 aliphatic heterocycles. The molecule has 0 aliphatic carbocycles. The van der Waals surface area contributed by atoms with Crippen LogP contribution >= 0.6 is 0 Å². The molecule has 32 heavy (non-hydrogen) atoms. The lowest BCUT2D eigenvalue weighted by Crippen LogP contribution is -2.28. The predicted molar refractivity (Wildman–Crippen MR) is 131 cm³/mol. The zero-order valence-corrected chi connectivity index (χ0v) is 19.9. The number of aliphatic hydroxyl groups is 1. The standard InChI is InChI=1S/C27H42O5/c1-3-5-6-7-8-9-10-11-12-13-14-15-16-17-18-19-20-22-27(30)32-25(23-28)24-31-26(29)21-4-2/h5-6,8-9,11-12,14-15,17-18,25,28H,3-4,7,10,13,16,19-24H2,1-2H3/b6-5-,9-8-,12-11-,15-14-,18-17-. The first-order chi connectivity index (χ1) is 15.6. The molecule has 1 unspecified atom stereocenters. The van der Waals surface area contributed by atoms with E-state index in [-0.39, 0.29) is 31.6 Å². The van der Waals surface area contributed by atoms with Crippen molar-refractivity contribution in [3.8, 4) is 0 Å². The minimum Gasteiger partial charge on any atom is -0.462 e. The average molecular weight is 447 g/mol. The summed E-state index contributed by atoms with van der Waals surface area (Å²) in [4.78, 5) is 23.2. The lowest BCUT2D eigenvalue weighted by atomic mass is 10.2. The Morgan fingerprint density at radius 2 is 1.28 bits per heavy atom. The summed E-state index contributed by atoms with van der Waals surface area (Å²) in [5.74, 6) is -0.733. The summed E-state index contributed by atoms with van der Waals surface area (Å²) in [7, 11) is 0. The van der Waals surface area contributed by atoms with Gasteiger partial charge in [0.15, 0.2) is 6.10 Å². The van der Waals surface area contributed by atoms with Gasteiger partial charge >= 0.3 is 11.9 Å². The SMILES string of the molecule is CC/C=C\C/C=C\C/C=C\C/C=C\C/C=C\CCCC(=O)OC(CO)COC(=O)CCC. The third kappa shape index (κ3) is 20.9. The molecule has 0 rings (SSSR count). The molecule has 0 heterocycles. The van der Waals surface area contributed by atoms with Crippen molar-refractivity contribution in [3.05, 3.63) is 60.8 Å². The van der Waals surface area contributed by atoms with Crippen LogP contribution in [-0.2, 0) is 19.1 Å². The topological polar surface area (TPSA) is 72.8 Å². The summed E-state index contributed by atoms with van der Waals surface area (Å²) in [5.41, 5.74) is 0. The van der Waals surface area contributed by atoms with Crippen molar-refractivity contribution in [2.45, 2.75) is 84.2 Å². The second kappa shape index (κ2) is 23.3. The third-order valence-electron chi connectivity index (χ3n) is 4.30. The van der Waals surface area contributed by atoms with Crippen LogP contribution in [0.1, 0.15) is 78.1 Å². The zero-order chi connectivity index (χ0) is 23.7. The Morgan fingerprint density at radius 3 is 1.78 bits per heavy atom. The van der Waals surface area contributed by atoms with Gasteiger partial charge in [-0.3, -0.25) is 9.59 Å². The van der Waals surface area contributed by atoms with Crippen LogP contribution in [0, 0.1) is 0 Å². The molecule has 0 fully saturated rings. The van der Waals surface area contributed by atoms with E-state index in [9.17, 15) is 14.7 Å². The van der Waals surface area contributed by atoms with Crippen molar-refractivity contribution in [3.63, 3.8) is 0 Å². The maximum absolute atomic E-state index is 11.8. The van der Waals surface area contributed by atoms with Crippen LogP contribution in [-0.4, -0.2) is 36.4 Å². The second-order valence-corrected chi connectivity index (χ2v) is 7.33. The Kier molecular flexibility index (Phi) is 21.5. The van der Waals surface area contributed by atoms with Gasteiger partial charge in [-0.15, -0.1) is 0 Å². The number of rotatable bonds is 19. The lowest BCUT2D eigenvalue weighted by molar-refractivity contribution is -0.161. The van der Waals surface area contributed by atoms with Crippen molar-refractivity contribution in [1.82, 2.24) is 0 Å². The van der Waals surface area contributed by atoms with Gasteiger partial charge in [0.05, 0.1) is 6.61 Å². The van der Waals surface area contributed by atoms with Gasteiger partial charge in [-0.2, -0.15) is 0 Å². The largest absolute Gasteiger partial charge is 0.462 e. The van der Waals surface area contributed by atoms with E-state index in [0.29, 0.717) is 19.3 Å². The maximum Gasteiger partial charge on any atom is 0.306 e. The highest BCUT2D eigenvalue weighted by Crippen LogP contribution is 2.04. The molecule has 0 amide bonds. The van der Waals surface area contributed by atoms with Crippen LogP contribution in [0.15, 0.2) is 60.8 Å². The van der Waals surface area contributed by atoms with E-state index in [0.717, 1.165) is 38.5 Å². The Bertz CT molecular complexity index is 614. The average Bonchev–Trinajstić information content (AvgIpc) is 2.78. The fourth-order valence-electron chi connectivity index (χ4n) is 2.56. The van der Waals surface area contributed by atoms with Gasteiger partial charge < -0.3 is 14.6 Å². The first-order valence-corrected chi connectivity index (χ1v) is 11.8. The molecular formula is C27H42O5. The number of hydrogen-bond donors (Lipinski definition) is 1. The molecule has 0 aromatic carbocycles. The highest BCUT2D eigenvalue weighted by molar-refractivity contribution is 5.70. The molecule has 0 saturated carbocycles. The fourth-order valence-corrected chi connectivity index (χ4v) is 2.56. The number of aliphatic hydroxyl groups excluding tert-OH is 1. The number of allylic oxidation sites excluding steroid dienone is 10. The minimum atomic E-state index is -0.794. The quantitative estimate of drug-likeness (QED) is 0.146. The van der Waals surface area contributed by atoms with Gasteiger partial charge in [-0.05, 0) is 51.4 Å². The monoisotopic (exact) mass is 446 g/mol. The van der Waals surface area contributed by atoms with Gasteiger partial charge in [-0.1, -0.05) is 74.6 Å². The Morgan fingerprint density at radius 1 is 0.750 bits per heavy atom. The normalized spacial score (nSPS) is 13.2. The van der Waals surface area contributed by atoms with Gasteiger partial charge in [0.2, 0.25) is 0 Å². The summed E-state index contributed by atoms with van der Waals surface area (Å²) < 4.78 is 10.1. The molecule has 1 atom stereocenters. The van der Waals surface area contributed by atoms with Crippen LogP contribution in [0.3, 0.4) is 0 Å². The third-order valence-corrected chi connectivity index (χ3v) is 4.30. The number of unbranched alkanes of at least 4 members (excludes halogenated alkanes) is 1. The van der Waals surface area contributed by atoms with Gasteiger partial charge in [0, 0.05) is 12.8 Å². The van der Waals surface area contributed by atoms with Crippen LogP contribution in [0.4, 0.5) is 0 Å². The summed E-state index contributed by atoms with van der Waals surface area (Å²) in [6, 6.07) is 0. The molecular weight excluding hydrogens is 404 g/mol. The molecule has 1 N–H and O–H groups in total. The first-order valence-electron chi connectivity index (χ1n) is 11.8. The molecule has 5 heteroatoms. The number of esters is 2. The molecule has 0 spiro atoms. The minimum absolute atomic E-state index is 0.101. The summed E-state index contributed by atoms with van der Waals surface area (Å²) in [5, 5.41) is 9.24. The van der Waals surface area contributed by atoms with E-state index < -0.39 is 6.10 Å². The molecule has 0 radical (unpaired) electrons. The van der Waals surface area contributed by atoms with E-state index >= 15 is 0 Å². The number of hydrogen-bond acceptors (Lipinski definition) is 5. The van der Waals surface area contributed by atoms with Crippen LogP contribution in [0.2, 0.25) is 0 Å². The van der Waals surface area contributed by atoms with Crippen LogP contribution in [0.5, 0.6) is 0 Å². The first kappa shape index (κ1) is 29.6. The zero-order valence-electron chi connectivity index (χ0n) is 19.9. The molecule has 0 aliphatic rings. The van der Waals surface area contributed by atoms with Gasteiger partial charge in [0.1, 0.15) is 6.61 Å². The summed E-state index contributed by atoms with van der Waals surface area (Å²) >= 11 is 0. The highest BCUT2D eigenvalue weighted by Gasteiger charge is 2.15. The Balaban J connectivity index is 3.75. The number of carbonyl (C=O) groups is 2. The van der Waals surface area contributed by atoms with Gasteiger partial charge in [0.25, 0.3) is 0 Å². The summed E-state index contributed by atoms with van der Waals surface area (Å²) in [6.07, 6.45) is 28.3. The van der Waals surface area contributed by atoms with E-state index in [1.165, 1.54) is 0 Å². The lowest BCUT2D eigenvalue weighted by Gasteiger charge is -2.15. The maximum atomic E-state index is 11.8. The smallest absolute Gasteiger partial charge is 0.306 e. The fraction of sp³-hybridized carbons (Fsp3) is 0.556. The Hall–Kier alpha value is -2.40. The Labute approximate surface area is 194 Å². The van der Waals surface area contributed by atoms with E-state index in [4.69, 9.17) is 9.47 Å². The summed E-state index contributed by atoms with van der Waals surface area (Å²) in [6.45, 7) is 3.55. The number of ether oxygens (including phenoxy) is 2. The van der Waals surface area contributed by atoms with Crippen LogP contribution < -0.4 is 0 Å². The van der Waals surface area contributed by atoms with Crippen molar-refractivity contribution in [2.75, 3.05) is 13.2 Å². The van der Waals surface area contributed by atoms with E-state index in [2.05, 4.69) is 67.7 Å². The molecule has 0 bridgehead atoms.